The second-order valence-electron chi connectivity index (χ2n) is 4.70. The first-order valence-corrected chi connectivity index (χ1v) is 7.67. The lowest BCUT2D eigenvalue weighted by Gasteiger charge is -2.11. The van der Waals surface area contributed by atoms with E-state index in [1.54, 1.807) is 0 Å². The van der Waals surface area contributed by atoms with E-state index in [-0.39, 0.29) is 11.9 Å². The van der Waals surface area contributed by atoms with Crippen molar-refractivity contribution in [1.29, 1.82) is 0 Å². The van der Waals surface area contributed by atoms with E-state index in [0.29, 0.717) is 6.54 Å². The molecule has 0 aromatic heterocycles. The standard InChI is InChI=1S/C16H17IN2O/c1-12(13-6-3-2-4-7-13)18-11-16(20)19-15-9-5-8-14(17)10-15/h2-10,12,18H,11H2,1H3,(H,19,20)/p+1/t12-/m1/s1. The van der Waals surface area contributed by atoms with Crippen LogP contribution in [0.25, 0.3) is 0 Å². The summed E-state index contributed by atoms with van der Waals surface area (Å²) in [5.41, 5.74) is 2.08. The van der Waals surface area contributed by atoms with Crippen molar-refractivity contribution in [2.24, 2.45) is 0 Å². The maximum atomic E-state index is 11.9. The Hall–Kier alpha value is -1.40. The van der Waals surface area contributed by atoms with Gasteiger partial charge in [-0.25, -0.2) is 0 Å². The summed E-state index contributed by atoms with van der Waals surface area (Å²) in [7, 11) is 0. The van der Waals surface area contributed by atoms with Crippen LogP contribution in [0.5, 0.6) is 0 Å². The minimum atomic E-state index is 0.0229. The van der Waals surface area contributed by atoms with Gasteiger partial charge in [0.15, 0.2) is 6.54 Å². The van der Waals surface area contributed by atoms with Gasteiger partial charge < -0.3 is 10.6 Å². The summed E-state index contributed by atoms with van der Waals surface area (Å²) in [6, 6.07) is 18.3. The van der Waals surface area contributed by atoms with Crippen LogP contribution in [-0.4, -0.2) is 12.5 Å². The van der Waals surface area contributed by atoms with Crippen molar-refractivity contribution in [3.8, 4) is 0 Å². The number of halogens is 1. The zero-order valence-corrected chi connectivity index (χ0v) is 13.5. The summed E-state index contributed by atoms with van der Waals surface area (Å²) < 4.78 is 1.11. The predicted octanol–water partition coefficient (Wildman–Crippen LogP) is 2.55. The fraction of sp³-hybridized carbons (Fsp3) is 0.188. The third kappa shape index (κ3) is 4.61. The van der Waals surface area contributed by atoms with Gasteiger partial charge in [0.2, 0.25) is 0 Å². The molecule has 2 rings (SSSR count). The van der Waals surface area contributed by atoms with Crippen LogP contribution in [0.3, 0.4) is 0 Å². The predicted molar refractivity (Wildman–Crippen MR) is 89.4 cm³/mol. The van der Waals surface area contributed by atoms with Crippen molar-refractivity contribution in [3.63, 3.8) is 0 Å². The van der Waals surface area contributed by atoms with E-state index in [4.69, 9.17) is 0 Å². The molecule has 3 N–H and O–H groups in total. The SMILES string of the molecule is C[C@@H]([NH2+]CC(=O)Nc1cccc(I)c1)c1ccccc1. The average Bonchev–Trinajstić information content (AvgIpc) is 2.46. The van der Waals surface area contributed by atoms with Gasteiger partial charge in [0.25, 0.3) is 5.91 Å². The van der Waals surface area contributed by atoms with Crippen molar-refractivity contribution >= 4 is 34.2 Å². The molecule has 0 spiro atoms. The molecular formula is C16H18IN2O+. The molecule has 104 valence electrons. The summed E-state index contributed by atoms with van der Waals surface area (Å²) in [6.07, 6.45) is 0. The van der Waals surface area contributed by atoms with Crippen LogP contribution in [0.4, 0.5) is 5.69 Å². The summed E-state index contributed by atoms with van der Waals surface area (Å²) in [5, 5.41) is 4.95. The van der Waals surface area contributed by atoms with Gasteiger partial charge in [-0.05, 0) is 47.7 Å². The van der Waals surface area contributed by atoms with Crippen molar-refractivity contribution in [3.05, 3.63) is 63.7 Å². The lowest BCUT2D eigenvalue weighted by Crippen LogP contribution is -2.86. The van der Waals surface area contributed by atoms with E-state index < -0.39 is 0 Å². The Morgan fingerprint density at radius 2 is 1.95 bits per heavy atom. The van der Waals surface area contributed by atoms with E-state index in [0.717, 1.165) is 9.26 Å². The molecule has 1 atom stereocenters. The van der Waals surface area contributed by atoms with Gasteiger partial charge in [0, 0.05) is 14.8 Å². The molecular weight excluding hydrogens is 363 g/mol. The van der Waals surface area contributed by atoms with Crippen LogP contribution >= 0.6 is 22.6 Å². The maximum absolute atomic E-state index is 11.9. The number of anilines is 1. The molecule has 3 nitrogen and oxygen atoms in total. The third-order valence-corrected chi connectivity index (χ3v) is 3.76. The van der Waals surface area contributed by atoms with Crippen LogP contribution in [0.1, 0.15) is 18.5 Å². The smallest absolute Gasteiger partial charge is 0.279 e. The van der Waals surface area contributed by atoms with Crippen molar-refractivity contribution < 1.29 is 10.1 Å². The Labute approximate surface area is 132 Å². The largest absolute Gasteiger partial charge is 0.333 e. The number of nitrogens with two attached hydrogens (primary N) is 1. The Morgan fingerprint density at radius 3 is 2.65 bits per heavy atom. The Kier molecular flexibility index (Phi) is 5.55. The molecule has 0 aliphatic rings. The molecule has 0 saturated heterocycles. The van der Waals surface area contributed by atoms with Crippen LogP contribution in [0.15, 0.2) is 54.6 Å². The van der Waals surface area contributed by atoms with Crippen LogP contribution in [0, 0.1) is 3.57 Å². The highest BCUT2D eigenvalue weighted by atomic mass is 127. The van der Waals surface area contributed by atoms with Crippen LogP contribution in [0.2, 0.25) is 0 Å². The van der Waals surface area contributed by atoms with E-state index in [2.05, 4.69) is 47.0 Å². The molecule has 0 saturated carbocycles. The molecule has 0 fully saturated rings. The molecule has 20 heavy (non-hydrogen) atoms. The van der Waals surface area contributed by atoms with Crippen molar-refractivity contribution in [2.45, 2.75) is 13.0 Å². The molecule has 2 aromatic carbocycles. The number of amides is 1. The van der Waals surface area contributed by atoms with Crippen LogP contribution < -0.4 is 10.6 Å². The van der Waals surface area contributed by atoms with E-state index in [1.807, 2.05) is 47.8 Å². The van der Waals surface area contributed by atoms with Crippen LogP contribution in [-0.2, 0) is 4.79 Å². The molecule has 0 unspecified atom stereocenters. The van der Waals surface area contributed by atoms with Gasteiger partial charge >= 0.3 is 0 Å². The summed E-state index contributed by atoms with van der Waals surface area (Å²) in [6.45, 7) is 2.52. The number of carbonyl (C=O) groups is 1. The highest BCUT2D eigenvalue weighted by molar-refractivity contribution is 14.1. The number of hydrogen-bond donors (Lipinski definition) is 2. The summed E-state index contributed by atoms with van der Waals surface area (Å²) in [5.74, 6) is 0.0229. The van der Waals surface area contributed by atoms with E-state index in [9.17, 15) is 4.79 Å². The normalized spacial score (nSPS) is 11.9. The lowest BCUT2D eigenvalue weighted by atomic mass is 10.1. The molecule has 0 aliphatic heterocycles. The number of rotatable bonds is 5. The molecule has 0 bridgehead atoms. The van der Waals surface area contributed by atoms with Gasteiger partial charge in [-0.15, -0.1) is 0 Å². The Balaban J connectivity index is 1.83. The Morgan fingerprint density at radius 1 is 1.20 bits per heavy atom. The number of hydrogen-bond acceptors (Lipinski definition) is 1. The van der Waals surface area contributed by atoms with E-state index >= 15 is 0 Å². The third-order valence-electron chi connectivity index (χ3n) is 3.09. The van der Waals surface area contributed by atoms with E-state index in [1.165, 1.54) is 5.56 Å². The minimum Gasteiger partial charge on any atom is -0.333 e. The maximum Gasteiger partial charge on any atom is 0.279 e. The monoisotopic (exact) mass is 381 g/mol. The number of carbonyl (C=O) groups excluding carboxylic acids is 1. The number of benzene rings is 2. The fourth-order valence-corrected chi connectivity index (χ4v) is 2.50. The molecule has 1 amide bonds. The molecule has 0 heterocycles. The quantitative estimate of drug-likeness (QED) is 0.769. The molecule has 0 aliphatic carbocycles. The lowest BCUT2D eigenvalue weighted by molar-refractivity contribution is -0.682. The Bertz CT molecular complexity index is 572. The van der Waals surface area contributed by atoms with Gasteiger partial charge in [0.05, 0.1) is 0 Å². The number of nitrogens with one attached hydrogen (secondary N) is 1. The van der Waals surface area contributed by atoms with Crippen molar-refractivity contribution in [2.75, 3.05) is 11.9 Å². The fourth-order valence-electron chi connectivity index (χ4n) is 1.95. The second-order valence-corrected chi connectivity index (χ2v) is 5.94. The zero-order chi connectivity index (χ0) is 14.4. The average molecular weight is 381 g/mol. The molecule has 4 heteroatoms. The van der Waals surface area contributed by atoms with Gasteiger partial charge in [-0.1, -0.05) is 36.4 Å². The first-order valence-electron chi connectivity index (χ1n) is 6.59. The van der Waals surface area contributed by atoms with Crippen molar-refractivity contribution in [1.82, 2.24) is 0 Å². The number of quaternary nitrogens is 1. The first kappa shape index (κ1) is 15.0. The summed E-state index contributed by atoms with van der Waals surface area (Å²) in [4.78, 5) is 11.9. The minimum absolute atomic E-state index is 0.0229. The zero-order valence-electron chi connectivity index (χ0n) is 11.3. The second kappa shape index (κ2) is 7.40. The van der Waals surface area contributed by atoms with Gasteiger partial charge in [-0.3, -0.25) is 4.79 Å². The summed E-state index contributed by atoms with van der Waals surface area (Å²) >= 11 is 2.23. The highest BCUT2D eigenvalue weighted by Gasteiger charge is 2.11. The van der Waals surface area contributed by atoms with Gasteiger partial charge in [0.1, 0.15) is 6.04 Å². The molecule has 0 radical (unpaired) electrons. The van der Waals surface area contributed by atoms with Gasteiger partial charge in [-0.2, -0.15) is 0 Å². The first-order chi connectivity index (χ1) is 9.65. The highest BCUT2D eigenvalue weighted by Crippen LogP contribution is 2.12. The topological polar surface area (TPSA) is 45.7 Å². The molecule has 2 aromatic rings.